The summed E-state index contributed by atoms with van der Waals surface area (Å²) in [5.41, 5.74) is 6.48. The number of benzene rings is 3. The number of rotatable bonds is 5. The fourth-order valence-electron chi connectivity index (χ4n) is 4.39. The lowest BCUT2D eigenvalue weighted by Gasteiger charge is -2.38. The first-order valence-electron chi connectivity index (χ1n) is 10.4. The summed E-state index contributed by atoms with van der Waals surface area (Å²) >= 11 is 0. The Morgan fingerprint density at radius 3 is 2.59 bits per heavy atom. The van der Waals surface area contributed by atoms with Gasteiger partial charge >= 0.3 is 0 Å². The summed E-state index contributed by atoms with van der Waals surface area (Å²) in [7, 11) is 0. The van der Waals surface area contributed by atoms with Gasteiger partial charge in [0.25, 0.3) is 5.91 Å². The Kier molecular flexibility index (Phi) is 5.09. The predicted molar refractivity (Wildman–Crippen MR) is 123 cm³/mol. The largest absolute Gasteiger partial charge is 0.361 e. The maximum Gasteiger partial charge on any atom is 0.274 e. The topological polar surface area (TPSA) is 97.5 Å². The summed E-state index contributed by atoms with van der Waals surface area (Å²) in [6.07, 6.45) is 2.45. The minimum absolute atomic E-state index is 0.0990. The van der Waals surface area contributed by atoms with E-state index in [9.17, 15) is 9.59 Å². The van der Waals surface area contributed by atoms with E-state index in [1.807, 2.05) is 71.8 Å². The van der Waals surface area contributed by atoms with E-state index in [1.54, 1.807) is 17.6 Å². The van der Waals surface area contributed by atoms with Crippen LogP contribution in [-0.2, 0) is 17.8 Å². The zero-order valence-electron chi connectivity index (χ0n) is 17.2. The number of H-pyrrole nitrogens is 1. The number of carbonyl (C=O) groups is 2. The van der Waals surface area contributed by atoms with Crippen molar-refractivity contribution in [1.29, 1.82) is 0 Å². The van der Waals surface area contributed by atoms with E-state index in [2.05, 4.69) is 10.3 Å². The van der Waals surface area contributed by atoms with Crippen LogP contribution in [0, 0.1) is 0 Å². The second kappa shape index (κ2) is 8.20. The van der Waals surface area contributed by atoms with Crippen LogP contribution < -0.4 is 15.7 Å². The van der Waals surface area contributed by atoms with Gasteiger partial charge in [0, 0.05) is 35.6 Å². The molecule has 160 valence electrons. The molecule has 0 saturated heterocycles. The number of nitrogens with one attached hydrogen (secondary N) is 3. The molecule has 0 radical (unpaired) electrons. The van der Waals surface area contributed by atoms with Crippen molar-refractivity contribution in [2.24, 2.45) is 0 Å². The first-order chi connectivity index (χ1) is 15.7. The van der Waals surface area contributed by atoms with Crippen LogP contribution in [0.2, 0.25) is 0 Å². The van der Waals surface area contributed by atoms with Crippen LogP contribution in [0.15, 0.2) is 79.0 Å². The van der Waals surface area contributed by atoms with Crippen LogP contribution in [0.4, 0.5) is 11.4 Å². The summed E-state index contributed by atoms with van der Waals surface area (Å²) in [6.45, 7) is 0.334. The number of nitrogens with zero attached hydrogens (tertiary/aromatic N) is 1. The number of aromatic amines is 1. The van der Waals surface area contributed by atoms with E-state index in [0.717, 1.165) is 27.8 Å². The Labute approximate surface area is 184 Å². The van der Waals surface area contributed by atoms with E-state index in [0.29, 0.717) is 24.1 Å². The van der Waals surface area contributed by atoms with Gasteiger partial charge in [-0.05, 0) is 35.4 Å². The Morgan fingerprint density at radius 1 is 0.969 bits per heavy atom. The van der Waals surface area contributed by atoms with Crippen LogP contribution in [-0.4, -0.2) is 28.0 Å². The average Bonchev–Trinajstić information content (AvgIpc) is 3.24. The third-order valence-electron chi connectivity index (χ3n) is 5.94. The molecule has 0 bridgehead atoms. The van der Waals surface area contributed by atoms with Crippen LogP contribution in [0.5, 0.6) is 0 Å². The Hall–Kier alpha value is -4.10. The number of para-hydroxylation sites is 3. The number of amides is 2. The highest BCUT2D eigenvalue weighted by Crippen LogP contribution is 2.35. The van der Waals surface area contributed by atoms with Crippen molar-refractivity contribution in [2.45, 2.75) is 19.0 Å². The molecular weight excluding hydrogens is 404 g/mol. The first-order valence-corrected chi connectivity index (χ1v) is 10.4. The highest BCUT2D eigenvalue weighted by Gasteiger charge is 2.34. The molecule has 7 heteroatoms. The molecule has 3 aromatic carbocycles. The maximum absolute atomic E-state index is 13.2. The minimum Gasteiger partial charge on any atom is -0.361 e. The smallest absolute Gasteiger partial charge is 0.274 e. The van der Waals surface area contributed by atoms with Gasteiger partial charge in [-0.1, -0.05) is 48.5 Å². The van der Waals surface area contributed by atoms with Gasteiger partial charge in [0.15, 0.2) is 0 Å². The predicted octanol–water partition coefficient (Wildman–Crippen LogP) is 3.86. The van der Waals surface area contributed by atoms with Crippen LogP contribution in [0.25, 0.3) is 10.9 Å². The third kappa shape index (κ3) is 3.48. The average molecular weight is 426 g/mol. The summed E-state index contributed by atoms with van der Waals surface area (Å²) in [6, 6.07) is 22.3. The maximum atomic E-state index is 13.2. The normalized spacial score (nSPS) is 15.3. The standard InChI is InChI=1S/C25H22N4O3/c30-24(28-32)19-9-2-1-7-16(19)15-29-22-12-6-5-11-21(22)27-25(31)23(29)13-17-14-26-20-10-4-3-8-18(17)20/h1-12,14,23,26,32H,13,15H2,(H,27,31)(H,28,30)/t23-/m0/s1. The lowest BCUT2D eigenvalue weighted by atomic mass is 9.97. The third-order valence-corrected chi connectivity index (χ3v) is 5.94. The Morgan fingerprint density at radius 2 is 1.72 bits per heavy atom. The number of aromatic nitrogens is 1. The molecule has 1 atom stereocenters. The number of hydrogen-bond donors (Lipinski definition) is 4. The molecule has 0 unspecified atom stereocenters. The first kappa shape index (κ1) is 19.8. The molecule has 1 aliphatic rings. The molecule has 1 aliphatic heterocycles. The molecule has 0 fully saturated rings. The van der Waals surface area contributed by atoms with Crippen molar-refractivity contribution < 1.29 is 14.8 Å². The molecular formula is C25H22N4O3. The van der Waals surface area contributed by atoms with Gasteiger partial charge < -0.3 is 15.2 Å². The minimum atomic E-state index is -0.580. The SMILES string of the molecule is O=C(NO)c1ccccc1CN1c2ccccc2NC(=O)[C@@H]1Cc1c[nH]c2ccccc12. The molecule has 2 heterocycles. The molecule has 2 amide bonds. The molecule has 5 rings (SSSR count). The number of carbonyl (C=O) groups excluding carboxylic acids is 2. The van der Waals surface area contributed by atoms with Gasteiger partial charge in [-0.25, -0.2) is 5.48 Å². The number of fused-ring (bicyclic) bond motifs is 2. The van der Waals surface area contributed by atoms with Crippen LogP contribution in [0.1, 0.15) is 21.5 Å². The van der Waals surface area contributed by atoms with Crippen molar-refractivity contribution in [1.82, 2.24) is 10.5 Å². The van der Waals surface area contributed by atoms with Gasteiger partial charge in [0.1, 0.15) is 6.04 Å². The number of hydrogen-bond acceptors (Lipinski definition) is 4. The molecule has 0 saturated carbocycles. The lowest BCUT2D eigenvalue weighted by molar-refractivity contribution is -0.117. The summed E-state index contributed by atoms with van der Waals surface area (Å²) in [4.78, 5) is 30.7. The molecule has 4 N–H and O–H groups in total. The highest BCUT2D eigenvalue weighted by atomic mass is 16.5. The zero-order chi connectivity index (χ0) is 22.1. The monoisotopic (exact) mass is 426 g/mol. The van der Waals surface area contributed by atoms with E-state index in [1.165, 1.54) is 0 Å². The van der Waals surface area contributed by atoms with Gasteiger partial charge in [-0.15, -0.1) is 0 Å². The molecule has 1 aromatic heterocycles. The van der Waals surface area contributed by atoms with Crippen LogP contribution >= 0.6 is 0 Å². The number of anilines is 2. The highest BCUT2D eigenvalue weighted by molar-refractivity contribution is 6.04. The second-order valence-corrected chi connectivity index (χ2v) is 7.81. The van der Waals surface area contributed by atoms with Gasteiger partial charge in [0.05, 0.1) is 11.4 Å². The second-order valence-electron chi connectivity index (χ2n) is 7.81. The molecule has 32 heavy (non-hydrogen) atoms. The fraction of sp³-hybridized carbons (Fsp3) is 0.120. The summed E-state index contributed by atoms with van der Waals surface area (Å²) in [5.74, 6) is -0.679. The quantitative estimate of drug-likeness (QED) is 0.288. The molecule has 0 aliphatic carbocycles. The lowest BCUT2D eigenvalue weighted by Crippen LogP contribution is -2.49. The van der Waals surface area contributed by atoms with E-state index >= 15 is 0 Å². The number of hydroxylamine groups is 1. The summed E-state index contributed by atoms with van der Waals surface area (Å²) in [5, 5.41) is 13.3. The van der Waals surface area contributed by atoms with E-state index in [-0.39, 0.29) is 5.91 Å². The van der Waals surface area contributed by atoms with Crippen molar-refractivity contribution in [2.75, 3.05) is 10.2 Å². The van der Waals surface area contributed by atoms with Crippen molar-refractivity contribution in [3.63, 3.8) is 0 Å². The van der Waals surface area contributed by atoms with E-state index in [4.69, 9.17) is 5.21 Å². The zero-order valence-corrected chi connectivity index (χ0v) is 17.2. The fourth-order valence-corrected chi connectivity index (χ4v) is 4.39. The van der Waals surface area contributed by atoms with Crippen molar-refractivity contribution in [3.8, 4) is 0 Å². The van der Waals surface area contributed by atoms with Crippen molar-refractivity contribution >= 4 is 34.1 Å². The Balaban J connectivity index is 1.56. The van der Waals surface area contributed by atoms with Gasteiger partial charge in [-0.2, -0.15) is 0 Å². The Bertz CT molecular complexity index is 1310. The molecule has 7 nitrogen and oxygen atoms in total. The summed E-state index contributed by atoms with van der Waals surface area (Å²) < 4.78 is 0. The molecule has 4 aromatic rings. The molecule has 0 spiro atoms. The van der Waals surface area contributed by atoms with Gasteiger partial charge in [0.2, 0.25) is 5.91 Å². The van der Waals surface area contributed by atoms with Crippen LogP contribution in [0.3, 0.4) is 0 Å². The van der Waals surface area contributed by atoms with Gasteiger partial charge in [-0.3, -0.25) is 14.8 Å². The van der Waals surface area contributed by atoms with E-state index < -0.39 is 11.9 Å². The van der Waals surface area contributed by atoms with Crippen molar-refractivity contribution in [3.05, 3.63) is 95.7 Å².